The zero-order valence-electron chi connectivity index (χ0n) is 14.7. The Morgan fingerprint density at radius 3 is 2.56 bits per heavy atom. The predicted molar refractivity (Wildman–Crippen MR) is 88.3 cm³/mol. The maximum atomic E-state index is 12.2. The lowest BCUT2D eigenvalue weighted by Gasteiger charge is -2.22. The van der Waals surface area contributed by atoms with E-state index in [9.17, 15) is 14.4 Å². The lowest BCUT2D eigenvalue weighted by atomic mass is 10.1. The van der Waals surface area contributed by atoms with Crippen molar-refractivity contribution in [3.05, 3.63) is 35.9 Å². The van der Waals surface area contributed by atoms with Crippen LogP contribution in [-0.2, 0) is 30.4 Å². The molecule has 0 aromatic heterocycles. The quantitative estimate of drug-likeness (QED) is 0.600. The first-order valence-electron chi connectivity index (χ1n) is 8.12. The molecule has 1 atom stereocenters. The van der Waals surface area contributed by atoms with Crippen LogP contribution in [0.15, 0.2) is 30.3 Å². The monoisotopic (exact) mass is 349 g/mol. The van der Waals surface area contributed by atoms with Gasteiger partial charge in [0.25, 0.3) is 0 Å². The van der Waals surface area contributed by atoms with Gasteiger partial charge in [-0.25, -0.2) is 9.59 Å². The molecular weight excluding hydrogens is 326 g/mol. The van der Waals surface area contributed by atoms with E-state index >= 15 is 0 Å². The summed E-state index contributed by atoms with van der Waals surface area (Å²) in [7, 11) is 0. The number of benzene rings is 1. The Morgan fingerprint density at radius 2 is 1.92 bits per heavy atom. The molecule has 0 saturated carbocycles. The van der Waals surface area contributed by atoms with Crippen molar-refractivity contribution in [2.75, 3.05) is 6.73 Å². The van der Waals surface area contributed by atoms with E-state index in [1.165, 1.54) is 4.90 Å². The van der Waals surface area contributed by atoms with Gasteiger partial charge in [0.1, 0.15) is 18.2 Å². The van der Waals surface area contributed by atoms with Gasteiger partial charge in [-0.1, -0.05) is 30.3 Å². The van der Waals surface area contributed by atoms with Crippen LogP contribution in [0.1, 0.15) is 39.2 Å². The summed E-state index contributed by atoms with van der Waals surface area (Å²) in [6, 6.07) is 8.38. The van der Waals surface area contributed by atoms with Gasteiger partial charge in [0.15, 0.2) is 6.73 Å². The van der Waals surface area contributed by atoms with E-state index in [0.717, 1.165) is 5.56 Å². The highest BCUT2D eigenvalue weighted by Crippen LogP contribution is 2.19. The van der Waals surface area contributed by atoms with Crippen LogP contribution >= 0.6 is 0 Å². The van der Waals surface area contributed by atoms with Crippen LogP contribution in [-0.4, -0.2) is 41.3 Å². The first-order chi connectivity index (χ1) is 11.8. The minimum absolute atomic E-state index is 0.0134. The standard InChI is InChI=1S/C18H23NO6/c1-18(2,3)25-15(20)10-9-14-16(21)24-12-19(14)17(22)23-11-13-7-5-4-6-8-13/h4-8,14H,9-12H2,1-3H3/t14-/m0/s1. The molecule has 1 aliphatic heterocycles. The Labute approximate surface area is 146 Å². The van der Waals surface area contributed by atoms with Crippen LogP contribution < -0.4 is 0 Å². The van der Waals surface area contributed by atoms with Gasteiger partial charge in [-0.3, -0.25) is 9.69 Å². The van der Waals surface area contributed by atoms with E-state index in [4.69, 9.17) is 14.2 Å². The van der Waals surface area contributed by atoms with E-state index in [1.807, 2.05) is 30.3 Å². The fraction of sp³-hybridized carbons (Fsp3) is 0.500. The molecule has 0 aliphatic carbocycles. The number of rotatable bonds is 5. The average molecular weight is 349 g/mol. The second-order valence-corrected chi connectivity index (χ2v) is 6.74. The summed E-state index contributed by atoms with van der Waals surface area (Å²) in [4.78, 5) is 37.0. The van der Waals surface area contributed by atoms with Crippen molar-refractivity contribution in [2.24, 2.45) is 0 Å². The zero-order valence-corrected chi connectivity index (χ0v) is 14.7. The van der Waals surface area contributed by atoms with Crippen molar-refractivity contribution in [2.45, 2.75) is 51.9 Å². The fourth-order valence-electron chi connectivity index (χ4n) is 2.35. The third-order valence-electron chi connectivity index (χ3n) is 3.48. The first kappa shape index (κ1) is 18.8. The average Bonchev–Trinajstić information content (AvgIpc) is 2.91. The van der Waals surface area contributed by atoms with Crippen LogP contribution in [0.25, 0.3) is 0 Å². The fourth-order valence-corrected chi connectivity index (χ4v) is 2.35. The summed E-state index contributed by atoms with van der Waals surface area (Å²) in [5.74, 6) is -0.968. The molecule has 0 spiro atoms. The highest BCUT2D eigenvalue weighted by molar-refractivity contribution is 5.84. The second kappa shape index (κ2) is 8.00. The molecule has 136 valence electrons. The summed E-state index contributed by atoms with van der Waals surface area (Å²) in [6.07, 6.45) is -0.503. The molecule has 2 rings (SSSR count). The Balaban J connectivity index is 1.87. The Morgan fingerprint density at radius 1 is 1.24 bits per heavy atom. The molecule has 7 nitrogen and oxygen atoms in total. The van der Waals surface area contributed by atoms with E-state index in [2.05, 4.69) is 0 Å². The number of carbonyl (C=O) groups excluding carboxylic acids is 3. The largest absolute Gasteiger partial charge is 0.460 e. The van der Waals surface area contributed by atoms with Crippen molar-refractivity contribution in [1.82, 2.24) is 4.90 Å². The van der Waals surface area contributed by atoms with Gasteiger partial charge in [-0.05, 0) is 32.8 Å². The molecule has 1 amide bonds. The van der Waals surface area contributed by atoms with E-state index in [1.54, 1.807) is 20.8 Å². The molecule has 7 heteroatoms. The topological polar surface area (TPSA) is 82.1 Å². The van der Waals surface area contributed by atoms with Gasteiger partial charge in [0, 0.05) is 6.42 Å². The minimum Gasteiger partial charge on any atom is -0.460 e. The number of carbonyl (C=O) groups is 3. The van der Waals surface area contributed by atoms with Crippen LogP contribution in [0, 0.1) is 0 Å². The van der Waals surface area contributed by atoms with Gasteiger partial charge < -0.3 is 14.2 Å². The molecular formula is C18H23NO6. The Kier molecular flexibility index (Phi) is 6.01. The molecule has 1 aromatic rings. The number of cyclic esters (lactones) is 1. The molecule has 25 heavy (non-hydrogen) atoms. The molecule has 1 heterocycles. The number of hydrogen-bond acceptors (Lipinski definition) is 6. The number of nitrogens with zero attached hydrogens (tertiary/aromatic N) is 1. The lowest BCUT2D eigenvalue weighted by Crippen LogP contribution is -2.39. The van der Waals surface area contributed by atoms with E-state index in [0.29, 0.717) is 0 Å². The lowest BCUT2D eigenvalue weighted by molar-refractivity contribution is -0.155. The van der Waals surface area contributed by atoms with Crippen LogP contribution in [0.5, 0.6) is 0 Å². The number of hydrogen-bond donors (Lipinski definition) is 0. The molecule has 0 N–H and O–H groups in total. The van der Waals surface area contributed by atoms with Gasteiger partial charge in [-0.15, -0.1) is 0 Å². The van der Waals surface area contributed by atoms with Gasteiger partial charge in [0.05, 0.1) is 0 Å². The van der Waals surface area contributed by atoms with Gasteiger partial charge >= 0.3 is 18.0 Å². The van der Waals surface area contributed by atoms with Gasteiger partial charge in [0.2, 0.25) is 0 Å². The summed E-state index contributed by atoms with van der Waals surface area (Å²) in [5, 5.41) is 0. The third kappa shape index (κ3) is 5.77. The maximum Gasteiger partial charge on any atom is 0.413 e. The maximum absolute atomic E-state index is 12.2. The normalized spacial score (nSPS) is 17.2. The molecule has 1 aliphatic rings. The van der Waals surface area contributed by atoms with Crippen LogP contribution in [0.4, 0.5) is 4.79 Å². The molecule has 1 saturated heterocycles. The summed E-state index contributed by atoms with van der Waals surface area (Å²) in [5.41, 5.74) is 0.245. The van der Waals surface area contributed by atoms with Gasteiger partial charge in [-0.2, -0.15) is 0 Å². The zero-order chi connectivity index (χ0) is 18.4. The highest BCUT2D eigenvalue weighted by Gasteiger charge is 2.39. The Bertz CT molecular complexity index is 622. The number of ether oxygens (including phenoxy) is 3. The SMILES string of the molecule is CC(C)(C)OC(=O)CC[C@H]1C(=O)OCN1C(=O)OCc1ccccc1. The van der Waals surface area contributed by atoms with Crippen molar-refractivity contribution in [1.29, 1.82) is 0 Å². The molecule has 1 aromatic carbocycles. The van der Waals surface area contributed by atoms with Crippen molar-refractivity contribution < 1.29 is 28.6 Å². The smallest absolute Gasteiger partial charge is 0.413 e. The molecule has 0 unspecified atom stereocenters. The van der Waals surface area contributed by atoms with Crippen LogP contribution in [0.3, 0.4) is 0 Å². The van der Waals surface area contributed by atoms with Crippen LogP contribution in [0.2, 0.25) is 0 Å². The number of amides is 1. The Hall–Kier alpha value is -2.57. The van der Waals surface area contributed by atoms with E-state index < -0.39 is 29.7 Å². The molecule has 0 radical (unpaired) electrons. The van der Waals surface area contributed by atoms with E-state index in [-0.39, 0.29) is 26.2 Å². The summed E-state index contributed by atoms with van der Waals surface area (Å²) >= 11 is 0. The third-order valence-corrected chi connectivity index (χ3v) is 3.48. The minimum atomic E-state index is -0.837. The second-order valence-electron chi connectivity index (χ2n) is 6.74. The van der Waals surface area contributed by atoms with Crippen molar-refractivity contribution in [3.8, 4) is 0 Å². The number of esters is 2. The summed E-state index contributed by atoms with van der Waals surface area (Å²) in [6.45, 7) is 5.22. The van der Waals surface area contributed by atoms with Crippen molar-refractivity contribution in [3.63, 3.8) is 0 Å². The molecule has 0 bridgehead atoms. The summed E-state index contributed by atoms with van der Waals surface area (Å²) < 4.78 is 15.3. The highest BCUT2D eigenvalue weighted by atomic mass is 16.6. The predicted octanol–water partition coefficient (Wildman–Crippen LogP) is 2.63. The molecule has 1 fully saturated rings. The first-order valence-corrected chi connectivity index (χ1v) is 8.12. The van der Waals surface area contributed by atoms with Crippen molar-refractivity contribution >= 4 is 18.0 Å².